The summed E-state index contributed by atoms with van der Waals surface area (Å²) >= 11 is 0. The smallest absolute Gasteiger partial charge is 0.225 e. The van der Waals surface area contributed by atoms with Gasteiger partial charge >= 0.3 is 0 Å². The first kappa shape index (κ1) is 12.0. The summed E-state index contributed by atoms with van der Waals surface area (Å²) in [5.74, 6) is -0.367. The fourth-order valence-corrected chi connectivity index (χ4v) is 2.80. The standard InChI is InChI=1S/C9H9NO3S.ClH/c11-9-5-6-14(12,13)8-4-2-1-3-7(8)10-9;/h1-4H,5-6H2,(H,10,11);1H. The quantitative estimate of drug-likeness (QED) is 0.750. The average Bonchev–Trinajstić information content (AvgIpc) is 2.25. The molecule has 6 heteroatoms. The molecule has 2 rings (SSSR count). The molecule has 1 amide bonds. The van der Waals surface area contributed by atoms with Crippen molar-refractivity contribution < 1.29 is 13.2 Å². The molecule has 0 aliphatic carbocycles. The van der Waals surface area contributed by atoms with Crippen molar-refractivity contribution in [3.63, 3.8) is 0 Å². The van der Waals surface area contributed by atoms with Crippen molar-refractivity contribution in [2.75, 3.05) is 11.1 Å². The number of fused-ring (bicyclic) bond motifs is 1. The summed E-state index contributed by atoms with van der Waals surface area (Å²) < 4.78 is 23.3. The minimum Gasteiger partial charge on any atom is -0.325 e. The van der Waals surface area contributed by atoms with Crippen molar-refractivity contribution in [1.29, 1.82) is 0 Å². The van der Waals surface area contributed by atoms with E-state index in [-0.39, 0.29) is 35.4 Å². The molecule has 1 aromatic rings. The fraction of sp³-hybridized carbons (Fsp3) is 0.222. The van der Waals surface area contributed by atoms with Crippen LogP contribution in [0, 0.1) is 0 Å². The van der Waals surface area contributed by atoms with Gasteiger partial charge in [-0.3, -0.25) is 4.79 Å². The molecule has 1 aliphatic heterocycles. The monoisotopic (exact) mass is 247 g/mol. The molecular weight excluding hydrogens is 238 g/mol. The Morgan fingerprint density at radius 2 is 1.87 bits per heavy atom. The zero-order valence-corrected chi connectivity index (χ0v) is 9.40. The van der Waals surface area contributed by atoms with Gasteiger partial charge in [-0.25, -0.2) is 8.42 Å². The van der Waals surface area contributed by atoms with Crippen molar-refractivity contribution in [1.82, 2.24) is 0 Å². The molecule has 0 unspecified atom stereocenters. The summed E-state index contributed by atoms with van der Waals surface area (Å²) in [7, 11) is -3.29. The van der Waals surface area contributed by atoms with Crippen LogP contribution < -0.4 is 5.32 Å². The Balaban J connectivity index is 0.00000112. The minimum atomic E-state index is -3.29. The first-order chi connectivity index (χ1) is 6.59. The van der Waals surface area contributed by atoms with Crippen LogP contribution in [0.4, 0.5) is 5.69 Å². The third-order valence-corrected chi connectivity index (χ3v) is 3.86. The highest BCUT2D eigenvalue weighted by Gasteiger charge is 2.24. The predicted octanol–water partition coefficient (Wildman–Crippen LogP) is 1.22. The lowest BCUT2D eigenvalue weighted by Crippen LogP contribution is -2.10. The molecule has 0 radical (unpaired) electrons. The van der Waals surface area contributed by atoms with Crippen molar-refractivity contribution in [2.24, 2.45) is 0 Å². The van der Waals surface area contributed by atoms with Crippen molar-refractivity contribution >= 4 is 33.8 Å². The van der Waals surface area contributed by atoms with E-state index in [9.17, 15) is 13.2 Å². The van der Waals surface area contributed by atoms with E-state index in [2.05, 4.69) is 5.32 Å². The number of nitrogens with one attached hydrogen (secondary N) is 1. The zero-order valence-electron chi connectivity index (χ0n) is 7.76. The van der Waals surface area contributed by atoms with Crippen LogP contribution in [0.1, 0.15) is 6.42 Å². The Morgan fingerprint density at radius 1 is 1.20 bits per heavy atom. The van der Waals surface area contributed by atoms with E-state index in [1.165, 1.54) is 6.07 Å². The van der Waals surface area contributed by atoms with E-state index in [1.807, 2.05) is 0 Å². The molecule has 0 saturated carbocycles. The summed E-state index contributed by atoms with van der Waals surface area (Å²) in [6.45, 7) is 0. The lowest BCUT2D eigenvalue weighted by Gasteiger charge is -2.04. The fourth-order valence-electron chi connectivity index (χ4n) is 1.39. The van der Waals surface area contributed by atoms with Crippen LogP contribution >= 0.6 is 12.4 Å². The average molecular weight is 248 g/mol. The second-order valence-corrected chi connectivity index (χ2v) is 5.19. The van der Waals surface area contributed by atoms with Crippen molar-refractivity contribution in [3.8, 4) is 0 Å². The summed E-state index contributed by atoms with van der Waals surface area (Å²) in [4.78, 5) is 11.4. The number of halogens is 1. The van der Waals surface area contributed by atoms with Gasteiger partial charge in [0.2, 0.25) is 5.91 Å². The Labute approximate surface area is 94.0 Å². The number of amides is 1. The highest BCUT2D eigenvalue weighted by Crippen LogP contribution is 2.25. The van der Waals surface area contributed by atoms with Crippen molar-refractivity contribution in [3.05, 3.63) is 24.3 Å². The SMILES string of the molecule is Cl.O=C1CCS(=O)(=O)c2ccccc2N1. The van der Waals surface area contributed by atoms with E-state index in [1.54, 1.807) is 18.2 Å². The number of carbonyl (C=O) groups excluding carboxylic acids is 1. The van der Waals surface area contributed by atoms with E-state index < -0.39 is 9.84 Å². The van der Waals surface area contributed by atoms with Gasteiger partial charge in [0.1, 0.15) is 0 Å². The highest BCUT2D eigenvalue weighted by molar-refractivity contribution is 7.91. The summed E-state index contributed by atoms with van der Waals surface area (Å²) in [5, 5.41) is 2.56. The number of hydrogen-bond acceptors (Lipinski definition) is 3. The summed E-state index contributed by atoms with van der Waals surface area (Å²) in [6.07, 6.45) is 0.0248. The molecular formula is C9H10ClNO3S. The largest absolute Gasteiger partial charge is 0.325 e. The van der Waals surface area contributed by atoms with Gasteiger partial charge in [0.25, 0.3) is 0 Å². The van der Waals surface area contributed by atoms with Crippen LogP contribution in [0.15, 0.2) is 29.2 Å². The van der Waals surface area contributed by atoms with Crippen LogP contribution in [0.2, 0.25) is 0 Å². The summed E-state index contributed by atoms with van der Waals surface area (Å²) in [6, 6.07) is 6.44. The maximum Gasteiger partial charge on any atom is 0.225 e. The molecule has 0 fully saturated rings. The Hall–Kier alpha value is -1.07. The molecule has 1 aromatic carbocycles. The van der Waals surface area contributed by atoms with Gasteiger partial charge in [-0.1, -0.05) is 12.1 Å². The van der Waals surface area contributed by atoms with Gasteiger partial charge in [0.05, 0.1) is 16.3 Å². The van der Waals surface area contributed by atoms with Crippen LogP contribution in [0.3, 0.4) is 0 Å². The number of hydrogen-bond donors (Lipinski definition) is 1. The number of rotatable bonds is 0. The van der Waals surface area contributed by atoms with Gasteiger partial charge in [-0.15, -0.1) is 12.4 Å². The predicted molar refractivity (Wildman–Crippen MR) is 59.0 cm³/mol. The Bertz CT molecular complexity index is 484. The van der Waals surface area contributed by atoms with Gasteiger partial charge < -0.3 is 5.32 Å². The normalized spacial score (nSPS) is 18.0. The van der Waals surface area contributed by atoms with E-state index in [0.29, 0.717) is 5.69 Å². The molecule has 4 nitrogen and oxygen atoms in total. The minimum absolute atomic E-state index is 0. The lowest BCUT2D eigenvalue weighted by atomic mass is 10.3. The van der Waals surface area contributed by atoms with Gasteiger partial charge in [0, 0.05) is 6.42 Å². The molecule has 0 aromatic heterocycles. The van der Waals surface area contributed by atoms with Crippen molar-refractivity contribution in [2.45, 2.75) is 11.3 Å². The van der Waals surface area contributed by atoms with Crippen LogP contribution in [0.25, 0.3) is 0 Å². The summed E-state index contributed by atoms with van der Waals surface area (Å²) in [5.41, 5.74) is 0.384. The van der Waals surface area contributed by atoms with E-state index >= 15 is 0 Å². The third-order valence-electron chi connectivity index (χ3n) is 2.09. The molecule has 82 valence electrons. The maximum atomic E-state index is 11.6. The lowest BCUT2D eigenvalue weighted by molar-refractivity contribution is -0.115. The number of anilines is 1. The topological polar surface area (TPSA) is 63.2 Å². The zero-order chi connectivity index (χ0) is 10.2. The Morgan fingerprint density at radius 3 is 2.60 bits per heavy atom. The first-order valence-electron chi connectivity index (χ1n) is 4.21. The van der Waals surface area contributed by atoms with E-state index in [4.69, 9.17) is 0 Å². The number of carbonyl (C=O) groups is 1. The molecule has 0 atom stereocenters. The van der Waals surface area contributed by atoms with Gasteiger partial charge in [0.15, 0.2) is 9.84 Å². The number of benzene rings is 1. The number of para-hydroxylation sites is 1. The number of sulfone groups is 1. The molecule has 1 aliphatic rings. The Kier molecular flexibility index (Phi) is 3.36. The third kappa shape index (κ3) is 2.30. The van der Waals surface area contributed by atoms with E-state index in [0.717, 1.165) is 0 Å². The van der Waals surface area contributed by atoms with Crippen LogP contribution in [-0.2, 0) is 14.6 Å². The molecule has 1 heterocycles. The molecule has 15 heavy (non-hydrogen) atoms. The highest BCUT2D eigenvalue weighted by atomic mass is 35.5. The van der Waals surface area contributed by atoms with Gasteiger partial charge in [-0.05, 0) is 12.1 Å². The second-order valence-electron chi connectivity index (χ2n) is 3.11. The maximum absolute atomic E-state index is 11.6. The van der Waals surface area contributed by atoms with Crippen LogP contribution in [-0.4, -0.2) is 20.1 Å². The second kappa shape index (κ2) is 4.20. The van der Waals surface area contributed by atoms with Crippen LogP contribution in [0.5, 0.6) is 0 Å². The van der Waals surface area contributed by atoms with Gasteiger partial charge in [-0.2, -0.15) is 0 Å². The molecule has 1 N–H and O–H groups in total. The molecule has 0 bridgehead atoms. The molecule has 0 saturated heterocycles. The first-order valence-corrected chi connectivity index (χ1v) is 5.86. The molecule has 0 spiro atoms.